The molecule has 1 aromatic rings. The normalized spacial score (nSPS) is 13.7. The van der Waals surface area contributed by atoms with Crippen LogP contribution in [0.3, 0.4) is 0 Å². The van der Waals surface area contributed by atoms with Crippen LogP contribution >= 0.6 is 15.9 Å². The zero-order valence-electron chi connectivity index (χ0n) is 12.0. The maximum absolute atomic E-state index is 12.3. The van der Waals surface area contributed by atoms with Crippen LogP contribution in [-0.4, -0.2) is 6.18 Å². The standard InChI is InChI=1S/C15H20BrF3/c1-8-9(2)11(4)14(12(5)10(8)3)13(16)6-7-15(17,18)19/h13H,6-7H2,1-5H3. The summed E-state index contributed by atoms with van der Waals surface area (Å²) in [5, 5.41) is 0. The van der Waals surface area contributed by atoms with Crippen molar-refractivity contribution in [1.29, 1.82) is 0 Å². The third kappa shape index (κ3) is 3.74. The Bertz CT molecular complexity index is 446. The summed E-state index contributed by atoms with van der Waals surface area (Å²) in [6, 6.07) is 0. The van der Waals surface area contributed by atoms with Crippen LogP contribution in [0.4, 0.5) is 13.2 Å². The van der Waals surface area contributed by atoms with E-state index in [9.17, 15) is 13.2 Å². The molecule has 0 bridgehead atoms. The minimum absolute atomic E-state index is 0.0765. The second-order valence-corrected chi connectivity index (χ2v) is 6.27. The number of alkyl halides is 4. The van der Waals surface area contributed by atoms with Crippen molar-refractivity contribution in [3.05, 3.63) is 33.4 Å². The molecule has 4 heteroatoms. The molecule has 0 heterocycles. The average Bonchev–Trinajstić information content (AvgIpc) is 2.31. The van der Waals surface area contributed by atoms with Crippen LogP contribution in [0, 0.1) is 34.6 Å². The van der Waals surface area contributed by atoms with Crippen molar-refractivity contribution in [1.82, 2.24) is 0 Å². The van der Waals surface area contributed by atoms with E-state index in [2.05, 4.69) is 22.9 Å². The molecule has 0 N–H and O–H groups in total. The maximum atomic E-state index is 12.3. The smallest absolute Gasteiger partial charge is 0.171 e. The molecule has 0 saturated carbocycles. The fourth-order valence-corrected chi connectivity index (χ4v) is 3.35. The third-order valence-corrected chi connectivity index (χ3v) is 4.97. The lowest BCUT2D eigenvalue weighted by Crippen LogP contribution is -2.10. The molecule has 108 valence electrons. The molecule has 1 aromatic carbocycles. The highest BCUT2D eigenvalue weighted by molar-refractivity contribution is 9.09. The Morgan fingerprint density at radius 2 is 1.21 bits per heavy atom. The van der Waals surface area contributed by atoms with Gasteiger partial charge in [0, 0.05) is 11.2 Å². The molecule has 1 atom stereocenters. The Hall–Kier alpha value is -0.510. The second-order valence-electron chi connectivity index (χ2n) is 5.16. The highest BCUT2D eigenvalue weighted by Crippen LogP contribution is 2.39. The van der Waals surface area contributed by atoms with E-state index in [1.54, 1.807) is 0 Å². The topological polar surface area (TPSA) is 0 Å². The second kappa shape index (κ2) is 5.86. The van der Waals surface area contributed by atoms with Crippen molar-refractivity contribution >= 4 is 15.9 Å². The van der Waals surface area contributed by atoms with Crippen molar-refractivity contribution in [2.24, 2.45) is 0 Å². The van der Waals surface area contributed by atoms with E-state index in [0.717, 1.165) is 16.7 Å². The van der Waals surface area contributed by atoms with Crippen molar-refractivity contribution in [3.63, 3.8) is 0 Å². The maximum Gasteiger partial charge on any atom is 0.389 e. The van der Waals surface area contributed by atoms with Gasteiger partial charge in [-0.05, 0) is 74.4 Å². The summed E-state index contributed by atoms with van der Waals surface area (Å²) >= 11 is 3.43. The Morgan fingerprint density at radius 1 is 0.842 bits per heavy atom. The summed E-state index contributed by atoms with van der Waals surface area (Å²) in [7, 11) is 0. The van der Waals surface area contributed by atoms with Gasteiger partial charge in [-0.1, -0.05) is 15.9 Å². The van der Waals surface area contributed by atoms with Crippen LogP contribution in [0.25, 0.3) is 0 Å². The van der Waals surface area contributed by atoms with Gasteiger partial charge in [0.25, 0.3) is 0 Å². The predicted molar refractivity (Wildman–Crippen MR) is 77.1 cm³/mol. The summed E-state index contributed by atoms with van der Waals surface area (Å²) in [5.41, 5.74) is 6.80. The minimum Gasteiger partial charge on any atom is -0.171 e. The number of benzene rings is 1. The Kier molecular flexibility index (Phi) is 5.10. The van der Waals surface area contributed by atoms with Gasteiger partial charge in [0.15, 0.2) is 0 Å². The molecule has 0 radical (unpaired) electrons. The van der Waals surface area contributed by atoms with Gasteiger partial charge in [-0.2, -0.15) is 13.2 Å². The van der Waals surface area contributed by atoms with Crippen molar-refractivity contribution < 1.29 is 13.2 Å². The Morgan fingerprint density at radius 3 is 1.58 bits per heavy atom. The van der Waals surface area contributed by atoms with E-state index in [0.29, 0.717) is 0 Å². The molecule has 0 nitrogen and oxygen atoms in total. The molecule has 1 unspecified atom stereocenters. The zero-order chi connectivity index (χ0) is 15.0. The van der Waals surface area contributed by atoms with Crippen molar-refractivity contribution in [2.45, 2.75) is 58.5 Å². The third-order valence-electron chi connectivity index (χ3n) is 4.05. The molecule has 0 spiro atoms. The van der Waals surface area contributed by atoms with Gasteiger partial charge in [0.1, 0.15) is 0 Å². The van der Waals surface area contributed by atoms with Gasteiger partial charge in [-0.25, -0.2) is 0 Å². The summed E-state index contributed by atoms with van der Waals surface area (Å²) in [6.07, 6.45) is -4.77. The molecule has 0 aliphatic heterocycles. The first-order valence-electron chi connectivity index (χ1n) is 6.34. The lowest BCUT2D eigenvalue weighted by Gasteiger charge is -2.22. The molecule has 19 heavy (non-hydrogen) atoms. The van der Waals surface area contributed by atoms with Gasteiger partial charge < -0.3 is 0 Å². The summed E-state index contributed by atoms with van der Waals surface area (Å²) in [4.78, 5) is -0.243. The van der Waals surface area contributed by atoms with Crippen LogP contribution in [0.2, 0.25) is 0 Å². The zero-order valence-corrected chi connectivity index (χ0v) is 13.6. The van der Waals surface area contributed by atoms with Crippen LogP contribution in [0.5, 0.6) is 0 Å². The Balaban J connectivity index is 3.14. The largest absolute Gasteiger partial charge is 0.389 e. The van der Waals surface area contributed by atoms with E-state index >= 15 is 0 Å². The van der Waals surface area contributed by atoms with Gasteiger partial charge in [0.2, 0.25) is 0 Å². The molecule has 0 fully saturated rings. The van der Waals surface area contributed by atoms with E-state index < -0.39 is 12.6 Å². The molecule has 0 aromatic heterocycles. The van der Waals surface area contributed by atoms with Crippen LogP contribution in [-0.2, 0) is 0 Å². The minimum atomic E-state index is -4.09. The average molecular weight is 337 g/mol. The van der Waals surface area contributed by atoms with Crippen LogP contribution < -0.4 is 0 Å². The highest BCUT2D eigenvalue weighted by Gasteiger charge is 2.29. The van der Waals surface area contributed by atoms with Crippen LogP contribution in [0.1, 0.15) is 51.0 Å². The molecule has 0 aliphatic rings. The van der Waals surface area contributed by atoms with Gasteiger partial charge in [-0.3, -0.25) is 0 Å². The van der Waals surface area contributed by atoms with Gasteiger partial charge in [0.05, 0.1) is 0 Å². The van der Waals surface area contributed by atoms with Gasteiger partial charge >= 0.3 is 6.18 Å². The molecule has 1 rings (SSSR count). The molecular formula is C15H20BrF3. The summed E-state index contributed by atoms with van der Waals surface area (Å²) in [6.45, 7) is 10.1. The molecule has 0 amide bonds. The van der Waals surface area contributed by atoms with E-state index in [1.807, 2.05) is 27.7 Å². The summed E-state index contributed by atoms with van der Waals surface area (Å²) in [5.74, 6) is 0. The predicted octanol–water partition coefficient (Wildman–Crippen LogP) is 6.01. The fourth-order valence-electron chi connectivity index (χ4n) is 2.43. The number of rotatable bonds is 3. The first-order chi connectivity index (χ1) is 8.56. The Labute approximate surface area is 121 Å². The SMILES string of the molecule is Cc1c(C)c(C)c(C(Br)CCC(F)(F)F)c(C)c1C. The lowest BCUT2D eigenvalue weighted by molar-refractivity contribution is -0.135. The number of hydrogen-bond acceptors (Lipinski definition) is 0. The van der Waals surface area contributed by atoms with E-state index in [-0.39, 0.29) is 11.2 Å². The van der Waals surface area contributed by atoms with E-state index in [1.165, 1.54) is 16.7 Å². The number of hydrogen-bond donors (Lipinski definition) is 0. The number of halogens is 4. The van der Waals surface area contributed by atoms with Crippen molar-refractivity contribution in [3.8, 4) is 0 Å². The lowest BCUT2D eigenvalue weighted by atomic mass is 9.87. The first-order valence-corrected chi connectivity index (χ1v) is 7.25. The van der Waals surface area contributed by atoms with E-state index in [4.69, 9.17) is 0 Å². The fraction of sp³-hybridized carbons (Fsp3) is 0.600. The van der Waals surface area contributed by atoms with Crippen molar-refractivity contribution in [2.75, 3.05) is 0 Å². The first kappa shape index (κ1) is 16.5. The highest BCUT2D eigenvalue weighted by atomic mass is 79.9. The quantitative estimate of drug-likeness (QED) is 0.593. The van der Waals surface area contributed by atoms with Crippen LogP contribution in [0.15, 0.2) is 0 Å². The van der Waals surface area contributed by atoms with Gasteiger partial charge in [-0.15, -0.1) is 0 Å². The monoisotopic (exact) mass is 336 g/mol. The molecular weight excluding hydrogens is 317 g/mol. The summed E-state index contributed by atoms with van der Waals surface area (Å²) < 4.78 is 37.0. The molecule has 0 saturated heterocycles. The molecule has 0 aliphatic carbocycles.